The molecule has 1 aliphatic rings. The van der Waals surface area contributed by atoms with Gasteiger partial charge in [-0.15, -0.1) is 0 Å². The van der Waals surface area contributed by atoms with E-state index in [2.05, 4.69) is 39.7 Å². The maximum Gasteiger partial charge on any atom is 0.270 e. The van der Waals surface area contributed by atoms with Crippen LogP contribution in [0.1, 0.15) is 60.8 Å². The third-order valence-electron chi connectivity index (χ3n) is 4.85. The van der Waals surface area contributed by atoms with Gasteiger partial charge < -0.3 is 10.6 Å². The van der Waals surface area contributed by atoms with Gasteiger partial charge in [-0.3, -0.25) is 4.79 Å². The second-order valence-electron chi connectivity index (χ2n) is 6.97. The standard InChI is InChI=1S/C22H28N4O/c1-3-18-11-7-8-12-19(18)25-22-24-16(2)15-20(26-22)21(27)23-14-13-17-9-5-4-6-10-17/h7-9,11-12,15H,3-6,10,13-14H2,1-2H3,(H,23,27)(H,24,25,26). The van der Waals surface area contributed by atoms with Crippen molar-refractivity contribution in [3.63, 3.8) is 0 Å². The number of para-hydroxylation sites is 1. The van der Waals surface area contributed by atoms with Crippen molar-refractivity contribution < 1.29 is 4.79 Å². The van der Waals surface area contributed by atoms with E-state index < -0.39 is 0 Å². The van der Waals surface area contributed by atoms with E-state index in [1.54, 1.807) is 6.07 Å². The highest BCUT2D eigenvalue weighted by Gasteiger charge is 2.12. The lowest BCUT2D eigenvalue weighted by atomic mass is 9.97. The minimum Gasteiger partial charge on any atom is -0.350 e. The van der Waals surface area contributed by atoms with E-state index in [1.807, 2.05) is 25.1 Å². The number of carbonyl (C=O) groups is 1. The molecule has 0 saturated heterocycles. The Morgan fingerprint density at radius 1 is 1.19 bits per heavy atom. The molecule has 1 heterocycles. The minimum absolute atomic E-state index is 0.149. The third kappa shape index (κ3) is 5.39. The number of nitrogens with one attached hydrogen (secondary N) is 2. The number of amides is 1. The van der Waals surface area contributed by atoms with E-state index in [-0.39, 0.29) is 5.91 Å². The number of carbonyl (C=O) groups excluding carboxylic acids is 1. The van der Waals surface area contributed by atoms with Crippen LogP contribution in [0.15, 0.2) is 42.0 Å². The lowest BCUT2D eigenvalue weighted by Gasteiger charge is -2.13. The monoisotopic (exact) mass is 364 g/mol. The number of allylic oxidation sites excluding steroid dienone is 1. The summed E-state index contributed by atoms with van der Waals surface area (Å²) in [7, 11) is 0. The Morgan fingerprint density at radius 3 is 2.81 bits per heavy atom. The summed E-state index contributed by atoms with van der Waals surface area (Å²) in [6, 6.07) is 9.80. The normalized spacial score (nSPS) is 13.8. The van der Waals surface area contributed by atoms with Crippen LogP contribution in [0.2, 0.25) is 0 Å². The molecule has 1 amide bonds. The molecule has 1 aliphatic carbocycles. The van der Waals surface area contributed by atoms with Gasteiger partial charge in [-0.25, -0.2) is 9.97 Å². The summed E-state index contributed by atoms with van der Waals surface area (Å²) in [6.07, 6.45) is 9.03. The van der Waals surface area contributed by atoms with Crippen molar-refractivity contribution in [3.05, 3.63) is 58.9 Å². The van der Waals surface area contributed by atoms with Gasteiger partial charge >= 0.3 is 0 Å². The van der Waals surface area contributed by atoms with E-state index in [0.29, 0.717) is 18.2 Å². The first-order valence-electron chi connectivity index (χ1n) is 9.82. The number of rotatable bonds is 7. The number of benzene rings is 1. The van der Waals surface area contributed by atoms with Crippen molar-refractivity contribution in [2.45, 2.75) is 52.4 Å². The molecule has 0 bridgehead atoms. The largest absolute Gasteiger partial charge is 0.350 e. The SMILES string of the molecule is CCc1ccccc1Nc1nc(C)cc(C(=O)NCCC2=CCCCC2)n1. The average molecular weight is 364 g/mol. The van der Waals surface area contributed by atoms with E-state index >= 15 is 0 Å². The molecular weight excluding hydrogens is 336 g/mol. The Labute approximate surface area is 161 Å². The quantitative estimate of drug-likeness (QED) is 0.698. The Hall–Kier alpha value is -2.69. The fourth-order valence-electron chi connectivity index (χ4n) is 3.37. The van der Waals surface area contributed by atoms with Crippen molar-refractivity contribution >= 4 is 17.5 Å². The molecule has 0 spiro atoms. The molecule has 5 nitrogen and oxygen atoms in total. The second kappa shape index (κ2) is 9.31. The highest BCUT2D eigenvalue weighted by Crippen LogP contribution is 2.20. The molecule has 0 fully saturated rings. The van der Waals surface area contributed by atoms with Crippen molar-refractivity contribution in [2.75, 3.05) is 11.9 Å². The van der Waals surface area contributed by atoms with Crippen molar-refractivity contribution in [1.82, 2.24) is 15.3 Å². The van der Waals surface area contributed by atoms with Crippen LogP contribution in [-0.2, 0) is 6.42 Å². The van der Waals surface area contributed by atoms with Crippen LogP contribution in [-0.4, -0.2) is 22.4 Å². The molecule has 0 aliphatic heterocycles. The molecule has 2 aromatic rings. The number of aryl methyl sites for hydroxylation is 2. The Kier molecular flexibility index (Phi) is 6.58. The highest BCUT2D eigenvalue weighted by molar-refractivity contribution is 5.92. The zero-order valence-corrected chi connectivity index (χ0v) is 16.2. The summed E-state index contributed by atoms with van der Waals surface area (Å²) in [5, 5.41) is 6.25. The Morgan fingerprint density at radius 2 is 2.04 bits per heavy atom. The molecule has 0 saturated carbocycles. The molecule has 142 valence electrons. The molecular formula is C22H28N4O. The number of nitrogens with zero attached hydrogens (tertiary/aromatic N) is 2. The lowest BCUT2D eigenvalue weighted by Crippen LogP contribution is -2.26. The maximum atomic E-state index is 12.5. The molecule has 2 N–H and O–H groups in total. The maximum absolute atomic E-state index is 12.5. The molecule has 0 radical (unpaired) electrons. The van der Waals surface area contributed by atoms with Crippen LogP contribution in [0, 0.1) is 6.92 Å². The first-order valence-corrected chi connectivity index (χ1v) is 9.82. The molecule has 0 atom stereocenters. The van der Waals surface area contributed by atoms with Crippen LogP contribution in [0.4, 0.5) is 11.6 Å². The molecule has 1 aromatic heterocycles. The molecule has 27 heavy (non-hydrogen) atoms. The van der Waals surface area contributed by atoms with Crippen LogP contribution in [0.25, 0.3) is 0 Å². The van der Waals surface area contributed by atoms with Gasteiger partial charge in [0.25, 0.3) is 5.91 Å². The van der Waals surface area contributed by atoms with Crippen molar-refractivity contribution in [3.8, 4) is 0 Å². The van der Waals surface area contributed by atoms with Gasteiger partial charge in [0.15, 0.2) is 0 Å². The van der Waals surface area contributed by atoms with E-state index in [0.717, 1.165) is 30.6 Å². The zero-order chi connectivity index (χ0) is 19.1. The summed E-state index contributed by atoms with van der Waals surface area (Å²) in [6.45, 7) is 4.63. The van der Waals surface area contributed by atoms with E-state index in [9.17, 15) is 4.79 Å². The molecule has 3 rings (SSSR count). The minimum atomic E-state index is -0.149. The average Bonchev–Trinajstić information content (AvgIpc) is 2.68. The molecule has 1 aromatic carbocycles. The lowest BCUT2D eigenvalue weighted by molar-refractivity contribution is 0.0949. The summed E-state index contributed by atoms with van der Waals surface area (Å²) in [5.74, 6) is 0.305. The van der Waals surface area contributed by atoms with Crippen molar-refractivity contribution in [2.24, 2.45) is 0 Å². The van der Waals surface area contributed by atoms with Gasteiger partial charge in [-0.1, -0.05) is 36.8 Å². The highest BCUT2D eigenvalue weighted by atomic mass is 16.1. The van der Waals surface area contributed by atoms with Gasteiger partial charge in [0.05, 0.1) is 0 Å². The number of hydrogen-bond donors (Lipinski definition) is 2. The number of hydrogen-bond acceptors (Lipinski definition) is 4. The summed E-state index contributed by atoms with van der Waals surface area (Å²) >= 11 is 0. The van der Waals surface area contributed by atoms with Gasteiger partial charge in [0, 0.05) is 17.9 Å². The Balaban J connectivity index is 1.65. The van der Waals surface area contributed by atoms with Gasteiger partial charge in [0.1, 0.15) is 5.69 Å². The molecule has 5 heteroatoms. The second-order valence-corrected chi connectivity index (χ2v) is 6.97. The molecule has 0 unspecified atom stereocenters. The number of aromatic nitrogens is 2. The zero-order valence-electron chi connectivity index (χ0n) is 16.2. The van der Waals surface area contributed by atoms with Crippen molar-refractivity contribution in [1.29, 1.82) is 0 Å². The van der Waals surface area contributed by atoms with Gasteiger partial charge in [-0.05, 0) is 63.1 Å². The van der Waals surface area contributed by atoms with Crippen LogP contribution in [0.5, 0.6) is 0 Å². The Bertz CT molecular complexity index is 829. The fraction of sp³-hybridized carbons (Fsp3) is 0.409. The van der Waals surface area contributed by atoms with Crippen LogP contribution >= 0.6 is 0 Å². The summed E-state index contributed by atoms with van der Waals surface area (Å²) < 4.78 is 0. The smallest absolute Gasteiger partial charge is 0.270 e. The summed E-state index contributed by atoms with van der Waals surface area (Å²) in [5.41, 5.74) is 4.78. The van der Waals surface area contributed by atoms with Crippen LogP contribution < -0.4 is 10.6 Å². The fourth-order valence-corrected chi connectivity index (χ4v) is 3.37. The van der Waals surface area contributed by atoms with Crippen LogP contribution in [0.3, 0.4) is 0 Å². The first kappa shape index (κ1) is 19.1. The summed E-state index contributed by atoms with van der Waals surface area (Å²) in [4.78, 5) is 21.4. The third-order valence-corrected chi connectivity index (χ3v) is 4.85. The predicted octanol–water partition coefficient (Wildman–Crippen LogP) is 4.71. The van der Waals surface area contributed by atoms with E-state index in [4.69, 9.17) is 0 Å². The topological polar surface area (TPSA) is 66.9 Å². The van der Waals surface area contributed by atoms with Gasteiger partial charge in [-0.2, -0.15) is 0 Å². The first-order chi connectivity index (χ1) is 13.2. The number of anilines is 2. The predicted molar refractivity (Wildman–Crippen MR) is 109 cm³/mol. The van der Waals surface area contributed by atoms with Gasteiger partial charge in [0.2, 0.25) is 5.95 Å². The van der Waals surface area contributed by atoms with E-state index in [1.165, 1.54) is 30.4 Å².